The Morgan fingerprint density at radius 3 is 2.70 bits per heavy atom. The number of rotatable bonds is 7. The van der Waals surface area contributed by atoms with Crippen LogP contribution in [0.15, 0.2) is 33.4 Å². The molecule has 0 aliphatic heterocycles. The summed E-state index contributed by atoms with van der Waals surface area (Å²) in [4.78, 5) is 30.1. The number of hydrogen-bond donors (Lipinski definition) is 1. The van der Waals surface area contributed by atoms with Crippen molar-refractivity contribution in [3.8, 4) is 6.01 Å². The molecule has 2 aromatic heterocycles. The maximum Gasteiger partial charge on any atom is 0.332 e. The Bertz CT molecular complexity index is 1010. The minimum atomic E-state index is -0.443. The molecule has 1 aliphatic carbocycles. The molecule has 3 rings (SSSR count). The summed E-state index contributed by atoms with van der Waals surface area (Å²) in [6, 6.07) is 0.336. The third kappa shape index (κ3) is 3.75. The smallest absolute Gasteiger partial charge is 0.332 e. The van der Waals surface area contributed by atoms with Gasteiger partial charge in [-0.25, -0.2) is 4.79 Å². The normalized spacial score (nSPS) is 14.2. The van der Waals surface area contributed by atoms with Crippen LogP contribution < -0.4 is 16.0 Å². The zero-order chi connectivity index (χ0) is 19.6. The molecule has 0 radical (unpaired) electrons. The van der Waals surface area contributed by atoms with E-state index in [4.69, 9.17) is 9.84 Å². The van der Waals surface area contributed by atoms with E-state index < -0.39 is 11.2 Å². The monoisotopic (exact) mass is 374 g/mol. The van der Waals surface area contributed by atoms with Crippen LogP contribution in [0.1, 0.15) is 33.1 Å². The number of nitrogens with zero attached hydrogens (tertiary/aromatic N) is 4. The quantitative estimate of drug-likeness (QED) is 0.790. The summed E-state index contributed by atoms with van der Waals surface area (Å²) in [7, 11) is 1.60. The molecule has 0 saturated heterocycles. The summed E-state index contributed by atoms with van der Waals surface area (Å²) >= 11 is 0. The molecular formula is C19H26N4O4. The van der Waals surface area contributed by atoms with Gasteiger partial charge in [-0.15, -0.1) is 0 Å². The van der Waals surface area contributed by atoms with Gasteiger partial charge in [-0.1, -0.05) is 23.8 Å². The van der Waals surface area contributed by atoms with Gasteiger partial charge in [0.2, 0.25) is 0 Å². The number of imidazole rings is 1. The average molecular weight is 374 g/mol. The van der Waals surface area contributed by atoms with Gasteiger partial charge in [0, 0.05) is 26.7 Å². The van der Waals surface area contributed by atoms with Crippen molar-refractivity contribution in [3.05, 3.63) is 44.6 Å². The van der Waals surface area contributed by atoms with Crippen LogP contribution in [-0.4, -0.2) is 36.5 Å². The molecule has 2 heterocycles. The highest BCUT2D eigenvalue weighted by molar-refractivity contribution is 5.72. The Hall–Kier alpha value is -2.61. The summed E-state index contributed by atoms with van der Waals surface area (Å²) in [6.07, 6.45) is 8.23. The van der Waals surface area contributed by atoms with Crippen LogP contribution in [0.25, 0.3) is 11.2 Å². The number of hydrogen-bond acceptors (Lipinski definition) is 5. The molecule has 1 aliphatic rings. The largest absolute Gasteiger partial charge is 0.462 e. The standard InChI is InChI=1S/C19H26N4O4/c1-13(2)27-18-20-16-15(23(18)12-14-8-5-4-6-9-14)17(25)22(10-7-11-24)19(26)21(16)3/h4-5,8,13,24H,6-7,9-12H2,1-3H3. The molecule has 0 saturated carbocycles. The molecule has 0 unspecified atom stereocenters. The Balaban J connectivity index is 2.23. The Morgan fingerprint density at radius 2 is 2.07 bits per heavy atom. The first-order chi connectivity index (χ1) is 12.9. The van der Waals surface area contributed by atoms with E-state index in [-0.39, 0.29) is 19.3 Å². The maximum atomic E-state index is 13.1. The molecule has 1 N–H and O–H groups in total. The number of aliphatic hydroxyl groups is 1. The number of aliphatic hydroxyl groups excluding tert-OH is 1. The van der Waals surface area contributed by atoms with Crippen molar-refractivity contribution in [2.24, 2.45) is 7.05 Å². The third-order valence-corrected chi connectivity index (χ3v) is 4.54. The highest BCUT2D eigenvalue weighted by atomic mass is 16.5. The van der Waals surface area contributed by atoms with E-state index in [1.54, 1.807) is 11.6 Å². The SMILES string of the molecule is CC(C)Oc1nc2c(c(=O)n(CCCO)c(=O)n2C)n1CC1=CC=CCC1. The molecule has 0 fully saturated rings. The first-order valence-corrected chi connectivity index (χ1v) is 9.26. The molecule has 146 valence electrons. The first-order valence-electron chi connectivity index (χ1n) is 9.26. The van der Waals surface area contributed by atoms with Crippen LogP contribution in [0.2, 0.25) is 0 Å². The molecule has 8 nitrogen and oxygen atoms in total. The highest BCUT2D eigenvalue weighted by Crippen LogP contribution is 2.23. The van der Waals surface area contributed by atoms with Gasteiger partial charge in [0.15, 0.2) is 11.2 Å². The van der Waals surface area contributed by atoms with E-state index >= 15 is 0 Å². The molecule has 0 aromatic carbocycles. The van der Waals surface area contributed by atoms with Crippen molar-refractivity contribution >= 4 is 11.2 Å². The first kappa shape index (κ1) is 19.2. The lowest BCUT2D eigenvalue weighted by atomic mass is 10.1. The zero-order valence-electron chi connectivity index (χ0n) is 16.0. The predicted molar refractivity (Wildman–Crippen MR) is 103 cm³/mol. The maximum absolute atomic E-state index is 13.1. The fourth-order valence-electron chi connectivity index (χ4n) is 3.21. The molecule has 8 heteroatoms. The van der Waals surface area contributed by atoms with Crippen LogP contribution in [0, 0.1) is 0 Å². The summed E-state index contributed by atoms with van der Waals surface area (Å²) in [5.41, 5.74) is 0.982. The number of aromatic nitrogens is 4. The van der Waals surface area contributed by atoms with Gasteiger partial charge < -0.3 is 9.84 Å². The van der Waals surface area contributed by atoms with Gasteiger partial charge in [0.05, 0.1) is 6.10 Å². The molecule has 0 spiro atoms. The van der Waals surface area contributed by atoms with Gasteiger partial charge in [-0.2, -0.15) is 4.98 Å². The Morgan fingerprint density at radius 1 is 1.30 bits per heavy atom. The van der Waals surface area contributed by atoms with Crippen LogP contribution >= 0.6 is 0 Å². The van der Waals surface area contributed by atoms with Crippen LogP contribution in [0.5, 0.6) is 6.01 Å². The van der Waals surface area contributed by atoms with Gasteiger partial charge in [0.1, 0.15) is 0 Å². The lowest BCUT2D eigenvalue weighted by Gasteiger charge is -2.15. The van der Waals surface area contributed by atoms with Crippen molar-refractivity contribution < 1.29 is 9.84 Å². The molecule has 27 heavy (non-hydrogen) atoms. The highest BCUT2D eigenvalue weighted by Gasteiger charge is 2.22. The molecule has 0 atom stereocenters. The van der Waals surface area contributed by atoms with Crippen molar-refractivity contribution in [1.29, 1.82) is 0 Å². The Kier molecular flexibility index (Phi) is 5.65. The van der Waals surface area contributed by atoms with Gasteiger partial charge in [0.25, 0.3) is 11.6 Å². The second-order valence-corrected chi connectivity index (χ2v) is 6.99. The fraction of sp³-hybridized carbons (Fsp3) is 0.526. The zero-order valence-corrected chi connectivity index (χ0v) is 16.0. The van der Waals surface area contributed by atoms with E-state index in [1.165, 1.54) is 10.1 Å². The number of ether oxygens (including phenoxy) is 1. The van der Waals surface area contributed by atoms with E-state index in [0.717, 1.165) is 17.4 Å². The van der Waals surface area contributed by atoms with Crippen molar-refractivity contribution in [2.45, 2.75) is 52.3 Å². The van der Waals surface area contributed by atoms with E-state index in [0.29, 0.717) is 30.1 Å². The predicted octanol–water partition coefficient (Wildman–Crippen LogP) is 1.34. The summed E-state index contributed by atoms with van der Waals surface area (Å²) < 4.78 is 10.1. The second kappa shape index (κ2) is 7.96. The lowest BCUT2D eigenvalue weighted by molar-refractivity contribution is 0.214. The minimum absolute atomic E-state index is 0.0895. The fourth-order valence-corrected chi connectivity index (χ4v) is 3.21. The number of fused-ring (bicyclic) bond motifs is 1. The van der Waals surface area contributed by atoms with Gasteiger partial charge in [-0.3, -0.25) is 18.5 Å². The average Bonchev–Trinajstić information content (AvgIpc) is 2.98. The van der Waals surface area contributed by atoms with Crippen molar-refractivity contribution in [1.82, 2.24) is 18.7 Å². The number of aryl methyl sites for hydroxylation is 1. The second-order valence-electron chi connectivity index (χ2n) is 6.99. The topological polar surface area (TPSA) is 91.3 Å². The molecule has 2 aromatic rings. The summed E-state index contributed by atoms with van der Waals surface area (Å²) in [5.74, 6) is 0. The summed E-state index contributed by atoms with van der Waals surface area (Å²) in [5, 5.41) is 9.09. The summed E-state index contributed by atoms with van der Waals surface area (Å²) in [6.45, 7) is 4.34. The van der Waals surface area contributed by atoms with E-state index in [9.17, 15) is 9.59 Å². The van der Waals surface area contributed by atoms with Crippen LogP contribution in [-0.2, 0) is 20.1 Å². The van der Waals surface area contributed by atoms with Crippen molar-refractivity contribution in [2.75, 3.05) is 6.61 Å². The third-order valence-electron chi connectivity index (χ3n) is 4.54. The van der Waals surface area contributed by atoms with E-state index in [1.807, 2.05) is 26.0 Å². The van der Waals surface area contributed by atoms with Crippen LogP contribution in [0.4, 0.5) is 0 Å². The Labute approximate surface area is 157 Å². The molecule has 0 bridgehead atoms. The number of allylic oxidation sites excluding steroid dienone is 4. The van der Waals surface area contributed by atoms with E-state index in [2.05, 4.69) is 11.1 Å². The molecular weight excluding hydrogens is 348 g/mol. The van der Waals surface area contributed by atoms with Crippen LogP contribution in [0.3, 0.4) is 0 Å². The molecule has 0 amide bonds. The minimum Gasteiger partial charge on any atom is -0.462 e. The van der Waals surface area contributed by atoms with Gasteiger partial charge in [-0.05, 0) is 33.1 Å². The van der Waals surface area contributed by atoms with Crippen molar-refractivity contribution in [3.63, 3.8) is 0 Å². The lowest BCUT2D eigenvalue weighted by Crippen LogP contribution is -2.40. The van der Waals surface area contributed by atoms with Gasteiger partial charge >= 0.3 is 5.69 Å².